The molecule has 0 aliphatic rings. The summed E-state index contributed by atoms with van der Waals surface area (Å²) in [4.78, 5) is 4.28. The first kappa shape index (κ1) is 10.1. The molecule has 0 bridgehead atoms. The molecule has 2 heteroatoms. The molecule has 2 nitrogen and oxygen atoms in total. The SMILES string of the molecule is CCCc1ccc2cnc(CN)cc2c1. The number of benzene rings is 1. The van der Waals surface area contributed by atoms with Crippen LogP contribution < -0.4 is 5.73 Å². The summed E-state index contributed by atoms with van der Waals surface area (Å²) in [5.41, 5.74) is 7.92. The fraction of sp³-hybridized carbons (Fsp3) is 0.308. The summed E-state index contributed by atoms with van der Waals surface area (Å²) < 4.78 is 0. The third-order valence-electron chi connectivity index (χ3n) is 2.59. The van der Waals surface area contributed by atoms with E-state index in [0.29, 0.717) is 6.54 Å². The molecule has 2 N–H and O–H groups in total. The molecule has 2 rings (SSSR count). The van der Waals surface area contributed by atoms with Crippen LogP contribution in [0.1, 0.15) is 24.6 Å². The number of rotatable bonds is 3. The van der Waals surface area contributed by atoms with E-state index in [1.54, 1.807) is 0 Å². The van der Waals surface area contributed by atoms with Gasteiger partial charge in [0.05, 0.1) is 5.69 Å². The van der Waals surface area contributed by atoms with Crippen LogP contribution in [0.5, 0.6) is 0 Å². The van der Waals surface area contributed by atoms with Crippen LogP contribution in [-0.2, 0) is 13.0 Å². The molecule has 2 aromatic rings. The Kier molecular flexibility index (Phi) is 2.97. The molecule has 0 aliphatic carbocycles. The number of aryl methyl sites for hydroxylation is 1. The van der Waals surface area contributed by atoms with E-state index in [2.05, 4.69) is 36.2 Å². The lowest BCUT2D eigenvalue weighted by molar-refractivity contribution is 0.923. The molecule has 0 saturated heterocycles. The molecule has 0 aliphatic heterocycles. The van der Waals surface area contributed by atoms with E-state index in [9.17, 15) is 0 Å². The van der Waals surface area contributed by atoms with Crippen molar-refractivity contribution >= 4 is 10.8 Å². The fourth-order valence-corrected chi connectivity index (χ4v) is 1.79. The highest BCUT2D eigenvalue weighted by atomic mass is 14.7. The Morgan fingerprint density at radius 2 is 2.07 bits per heavy atom. The van der Waals surface area contributed by atoms with Gasteiger partial charge in [0.15, 0.2) is 0 Å². The van der Waals surface area contributed by atoms with Crippen LogP contribution in [0, 0.1) is 0 Å². The topological polar surface area (TPSA) is 38.9 Å². The van der Waals surface area contributed by atoms with Crippen molar-refractivity contribution in [2.45, 2.75) is 26.3 Å². The largest absolute Gasteiger partial charge is 0.325 e. The summed E-state index contributed by atoms with van der Waals surface area (Å²) in [5, 5.41) is 2.43. The zero-order chi connectivity index (χ0) is 10.7. The van der Waals surface area contributed by atoms with E-state index in [1.807, 2.05) is 6.20 Å². The van der Waals surface area contributed by atoms with Gasteiger partial charge in [-0.1, -0.05) is 31.5 Å². The number of pyridine rings is 1. The third kappa shape index (κ3) is 2.16. The van der Waals surface area contributed by atoms with Crippen molar-refractivity contribution in [3.8, 4) is 0 Å². The molecule has 1 heterocycles. The highest BCUT2D eigenvalue weighted by molar-refractivity contribution is 5.82. The summed E-state index contributed by atoms with van der Waals surface area (Å²) in [6.45, 7) is 2.70. The monoisotopic (exact) mass is 200 g/mol. The summed E-state index contributed by atoms with van der Waals surface area (Å²) in [6, 6.07) is 8.62. The van der Waals surface area contributed by atoms with Gasteiger partial charge in [-0.05, 0) is 23.4 Å². The number of fused-ring (bicyclic) bond motifs is 1. The molecule has 78 valence electrons. The second-order valence-corrected chi connectivity index (χ2v) is 3.81. The van der Waals surface area contributed by atoms with Crippen LogP contribution in [-0.4, -0.2) is 4.98 Å². The van der Waals surface area contributed by atoms with Crippen LogP contribution >= 0.6 is 0 Å². The Hall–Kier alpha value is -1.41. The van der Waals surface area contributed by atoms with Gasteiger partial charge in [0.1, 0.15) is 0 Å². The standard InChI is InChI=1S/C13H16N2/c1-2-3-10-4-5-11-9-15-13(8-14)7-12(11)6-10/h4-7,9H,2-3,8,14H2,1H3. The van der Waals surface area contributed by atoms with Crippen molar-refractivity contribution < 1.29 is 0 Å². The quantitative estimate of drug-likeness (QED) is 0.827. The number of hydrogen-bond acceptors (Lipinski definition) is 2. The van der Waals surface area contributed by atoms with Crippen molar-refractivity contribution in [3.05, 3.63) is 41.7 Å². The van der Waals surface area contributed by atoms with Crippen LogP contribution in [0.4, 0.5) is 0 Å². The smallest absolute Gasteiger partial charge is 0.0545 e. The van der Waals surface area contributed by atoms with Gasteiger partial charge in [-0.25, -0.2) is 0 Å². The fourth-order valence-electron chi connectivity index (χ4n) is 1.79. The Balaban J connectivity index is 2.48. The number of nitrogens with zero attached hydrogens (tertiary/aromatic N) is 1. The minimum atomic E-state index is 0.508. The van der Waals surface area contributed by atoms with Crippen molar-refractivity contribution in [2.24, 2.45) is 5.73 Å². The molecular weight excluding hydrogens is 184 g/mol. The summed E-state index contributed by atoms with van der Waals surface area (Å²) in [6.07, 6.45) is 4.21. The van der Waals surface area contributed by atoms with E-state index in [1.165, 1.54) is 22.8 Å². The highest BCUT2D eigenvalue weighted by Gasteiger charge is 1.98. The predicted molar refractivity (Wildman–Crippen MR) is 63.6 cm³/mol. The van der Waals surface area contributed by atoms with Gasteiger partial charge in [-0.3, -0.25) is 4.98 Å². The first-order valence-corrected chi connectivity index (χ1v) is 5.41. The second-order valence-electron chi connectivity index (χ2n) is 3.81. The van der Waals surface area contributed by atoms with Crippen molar-refractivity contribution in [2.75, 3.05) is 0 Å². The molecule has 0 amide bonds. The zero-order valence-corrected chi connectivity index (χ0v) is 9.03. The number of nitrogens with two attached hydrogens (primary N) is 1. The second kappa shape index (κ2) is 4.41. The predicted octanol–water partition coefficient (Wildman–Crippen LogP) is 2.65. The molecular formula is C13H16N2. The van der Waals surface area contributed by atoms with Crippen LogP contribution in [0.15, 0.2) is 30.5 Å². The number of aromatic nitrogens is 1. The third-order valence-corrected chi connectivity index (χ3v) is 2.59. The maximum atomic E-state index is 5.58. The van der Waals surface area contributed by atoms with Gasteiger partial charge in [0, 0.05) is 18.1 Å². The van der Waals surface area contributed by atoms with Crippen LogP contribution in [0.2, 0.25) is 0 Å². The Labute approximate surface area is 90.1 Å². The molecule has 0 atom stereocenters. The molecule has 0 spiro atoms. The minimum Gasteiger partial charge on any atom is -0.325 e. The van der Waals surface area contributed by atoms with Gasteiger partial charge in [-0.15, -0.1) is 0 Å². The van der Waals surface area contributed by atoms with E-state index < -0.39 is 0 Å². The Morgan fingerprint density at radius 1 is 1.20 bits per heavy atom. The Morgan fingerprint density at radius 3 is 2.80 bits per heavy atom. The summed E-state index contributed by atoms with van der Waals surface area (Å²) in [5.74, 6) is 0. The molecule has 0 radical (unpaired) electrons. The van der Waals surface area contributed by atoms with Gasteiger partial charge in [-0.2, -0.15) is 0 Å². The maximum absolute atomic E-state index is 5.58. The van der Waals surface area contributed by atoms with Gasteiger partial charge >= 0.3 is 0 Å². The first-order chi connectivity index (χ1) is 7.33. The maximum Gasteiger partial charge on any atom is 0.0545 e. The lowest BCUT2D eigenvalue weighted by atomic mass is 10.1. The van der Waals surface area contributed by atoms with Crippen LogP contribution in [0.25, 0.3) is 10.8 Å². The number of hydrogen-bond donors (Lipinski definition) is 1. The molecule has 0 fully saturated rings. The van der Waals surface area contributed by atoms with Crippen molar-refractivity contribution in [3.63, 3.8) is 0 Å². The first-order valence-electron chi connectivity index (χ1n) is 5.41. The Bertz CT molecular complexity index is 463. The van der Waals surface area contributed by atoms with Crippen molar-refractivity contribution in [1.82, 2.24) is 4.98 Å². The van der Waals surface area contributed by atoms with Crippen molar-refractivity contribution in [1.29, 1.82) is 0 Å². The summed E-state index contributed by atoms with van der Waals surface area (Å²) in [7, 11) is 0. The van der Waals surface area contributed by atoms with E-state index >= 15 is 0 Å². The molecule has 0 unspecified atom stereocenters. The lowest BCUT2D eigenvalue weighted by Crippen LogP contribution is -1.98. The lowest BCUT2D eigenvalue weighted by Gasteiger charge is -2.03. The van der Waals surface area contributed by atoms with Gasteiger partial charge in [0.2, 0.25) is 0 Å². The van der Waals surface area contributed by atoms with E-state index in [0.717, 1.165) is 12.1 Å². The van der Waals surface area contributed by atoms with E-state index in [4.69, 9.17) is 5.73 Å². The normalized spacial score (nSPS) is 10.8. The van der Waals surface area contributed by atoms with E-state index in [-0.39, 0.29) is 0 Å². The highest BCUT2D eigenvalue weighted by Crippen LogP contribution is 2.17. The minimum absolute atomic E-state index is 0.508. The molecule has 1 aromatic heterocycles. The average molecular weight is 200 g/mol. The molecule has 0 saturated carbocycles. The average Bonchev–Trinajstić information content (AvgIpc) is 2.28. The van der Waals surface area contributed by atoms with Gasteiger partial charge < -0.3 is 5.73 Å². The molecule has 15 heavy (non-hydrogen) atoms. The van der Waals surface area contributed by atoms with Crippen LogP contribution in [0.3, 0.4) is 0 Å². The van der Waals surface area contributed by atoms with Gasteiger partial charge in [0.25, 0.3) is 0 Å². The molecule has 1 aromatic carbocycles. The zero-order valence-electron chi connectivity index (χ0n) is 9.03. The summed E-state index contributed by atoms with van der Waals surface area (Å²) >= 11 is 0.